The van der Waals surface area contributed by atoms with Crippen LogP contribution in [0.5, 0.6) is 0 Å². The standard InChI is InChI=1S/C18H16Cl2N2/c19-13-5-9-15(10-6-13)21-17-3-1-2-4-18(17)22-16-11-7-14(20)8-12-16/h3,5-12,21H,1-2,4H2. The Kier molecular flexibility index (Phi) is 4.81. The summed E-state index contributed by atoms with van der Waals surface area (Å²) >= 11 is 11.8. The zero-order chi connectivity index (χ0) is 15.4. The zero-order valence-corrected chi connectivity index (χ0v) is 13.5. The number of nitrogens with one attached hydrogen (secondary N) is 1. The number of anilines is 1. The number of rotatable bonds is 3. The van der Waals surface area contributed by atoms with Crippen LogP contribution < -0.4 is 5.32 Å². The van der Waals surface area contributed by atoms with E-state index in [0.717, 1.165) is 52.1 Å². The fraction of sp³-hybridized carbons (Fsp3) is 0.167. The summed E-state index contributed by atoms with van der Waals surface area (Å²) < 4.78 is 0. The molecule has 2 aromatic rings. The molecule has 3 rings (SSSR count). The molecule has 2 nitrogen and oxygen atoms in total. The van der Waals surface area contributed by atoms with Crippen LogP contribution >= 0.6 is 23.2 Å². The van der Waals surface area contributed by atoms with E-state index in [1.165, 1.54) is 0 Å². The van der Waals surface area contributed by atoms with Crippen LogP contribution in [0.3, 0.4) is 0 Å². The maximum Gasteiger partial charge on any atom is 0.0642 e. The molecule has 0 radical (unpaired) electrons. The molecule has 2 aromatic carbocycles. The summed E-state index contributed by atoms with van der Waals surface area (Å²) in [5.41, 5.74) is 4.08. The highest BCUT2D eigenvalue weighted by Gasteiger charge is 2.12. The van der Waals surface area contributed by atoms with E-state index in [9.17, 15) is 0 Å². The van der Waals surface area contributed by atoms with Crippen molar-refractivity contribution in [3.05, 3.63) is 70.3 Å². The molecule has 0 saturated heterocycles. The van der Waals surface area contributed by atoms with Gasteiger partial charge in [-0.2, -0.15) is 0 Å². The van der Waals surface area contributed by atoms with Gasteiger partial charge in [-0.1, -0.05) is 29.3 Å². The molecule has 112 valence electrons. The quantitative estimate of drug-likeness (QED) is 0.707. The van der Waals surface area contributed by atoms with Crippen LogP contribution in [-0.4, -0.2) is 5.71 Å². The summed E-state index contributed by atoms with van der Waals surface area (Å²) in [4.78, 5) is 4.76. The van der Waals surface area contributed by atoms with Crippen LogP contribution in [0.4, 0.5) is 11.4 Å². The van der Waals surface area contributed by atoms with Crippen molar-refractivity contribution in [3.63, 3.8) is 0 Å². The third-order valence-corrected chi connectivity index (χ3v) is 3.99. The Morgan fingerprint density at radius 1 is 0.864 bits per heavy atom. The lowest BCUT2D eigenvalue weighted by atomic mass is 10.0. The van der Waals surface area contributed by atoms with E-state index in [1.807, 2.05) is 48.5 Å². The van der Waals surface area contributed by atoms with Gasteiger partial charge in [0.2, 0.25) is 0 Å². The zero-order valence-electron chi connectivity index (χ0n) is 12.0. The maximum absolute atomic E-state index is 5.93. The first-order valence-electron chi connectivity index (χ1n) is 7.27. The van der Waals surface area contributed by atoms with Gasteiger partial charge < -0.3 is 5.32 Å². The Morgan fingerprint density at radius 3 is 2.18 bits per heavy atom. The van der Waals surface area contributed by atoms with Crippen LogP contribution in [0.25, 0.3) is 0 Å². The second-order valence-electron chi connectivity index (χ2n) is 5.18. The van der Waals surface area contributed by atoms with Gasteiger partial charge in [0.25, 0.3) is 0 Å². The van der Waals surface area contributed by atoms with Gasteiger partial charge in [0.15, 0.2) is 0 Å². The van der Waals surface area contributed by atoms with Gasteiger partial charge in [-0.15, -0.1) is 0 Å². The van der Waals surface area contributed by atoms with Crippen LogP contribution in [0, 0.1) is 0 Å². The molecule has 0 atom stereocenters. The molecule has 0 unspecified atom stereocenters. The molecule has 0 spiro atoms. The van der Waals surface area contributed by atoms with Crippen molar-refractivity contribution in [3.8, 4) is 0 Å². The summed E-state index contributed by atoms with van der Waals surface area (Å²) in [5, 5.41) is 4.89. The molecule has 22 heavy (non-hydrogen) atoms. The highest BCUT2D eigenvalue weighted by molar-refractivity contribution is 6.30. The molecule has 0 amide bonds. The number of nitrogens with zero attached hydrogens (tertiary/aromatic N) is 1. The van der Waals surface area contributed by atoms with Gasteiger partial charge >= 0.3 is 0 Å². The monoisotopic (exact) mass is 330 g/mol. The van der Waals surface area contributed by atoms with Crippen molar-refractivity contribution in [2.45, 2.75) is 19.3 Å². The number of hydrogen-bond acceptors (Lipinski definition) is 2. The molecule has 1 N–H and O–H groups in total. The molecule has 1 aliphatic rings. The van der Waals surface area contributed by atoms with Crippen LogP contribution in [0.1, 0.15) is 19.3 Å². The summed E-state index contributed by atoms with van der Waals surface area (Å²) in [6.45, 7) is 0. The van der Waals surface area contributed by atoms with Gasteiger partial charge in [-0.3, -0.25) is 4.99 Å². The Morgan fingerprint density at radius 2 is 1.50 bits per heavy atom. The predicted molar refractivity (Wildman–Crippen MR) is 95.6 cm³/mol. The SMILES string of the molecule is Clc1ccc(N=C2CCCC=C2Nc2ccc(Cl)cc2)cc1. The van der Waals surface area contributed by atoms with E-state index < -0.39 is 0 Å². The normalized spacial score (nSPS) is 16.5. The topological polar surface area (TPSA) is 24.4 Å². The van der Waals surface area contributed by atoms with Crippen molar-refractivity contribution in [1.29, 1.82) is 0 Å². The van der Waals surface area contributed by atoms with Gasteiger partial charge in [0.1, 0.15) is 0 Å². The fourth-order valence-electron chi connectivity index (χ4n) is 2.37. The first-order valence-corrected chi connectivity index (χ1v) is 8.02. The molecular formula is C18H16Cl2N2. The number of aliphatic imine (C=N–C) groups is 1. The molecule has 1 aliphatic carbocycles. The van der Waals surface area contributed by atoms with Crippen LogP contribution in [0.2, 0.25) is 10.0 Å². The van der Waals surface area contributed by atoms with E-state index >= 15 is 0 Å². The Balaban J connectivity index is 1.83. The third-order valence-electron chi connectivity index (χ3n) is 3.49. The summed E-state index contributed by atoms with van der Waals surface area (Å²) in [6.07, 6.45) is 5.36. The maximum atomic E-state index is 5.93. The van der Waals surface area contributed by atoms with Gasteiger partial charge in [0.05, 0.1) is 17.1 Å². The largest absolute Gasteiger partial charge is 0.354 e. The van der Waals surface area contributed by atoms with E-state index in [-0.39, 0.29) is 0 Å². The Hall–Kier alpha value is -1.77. The first-order chi connectivity index (χ1) is 10.7. The predicted octanol–water partition coefficient (Wildman–Crippen LogP) is 6.25. The molecule has 0 bridgehead atoms. The number of hydrogen-bond donors (Lipinski definition) is 1. The molecule has 0 heterocycles. The number of benzene rings is 2. The molecule has 0 fully saturated rings. The third kappa shape index (κ3) is 3.90. The summed E-state index contributed by atoms with van der Waals surface area (Å²) in [5.74, 6) is 0. The molecule has 4 heteroatoms. The fourth-order valence-corrected chi connectivity index (χ4v) is 2.62. The highest BCUT2D eigenvalue weighted by atomic mass is 35.5. The molecule has 0 saturated carbocycles. The second kappa shape index (κ2) is 6.99. The van der Waals surface area contributed by atoms with E-state index in [2.05, 4.69) is 11.4 Å². The van der Waals surface area contributed by atoms with Gasteiger partial charge in [-0.25, -0.2) is 0 Å². The Bertz CT molecular complexity index is 701. The van der Waals surface area contributed by atoms with Crippen molar-refractivity contribution in [2.24, 2.45) is 4.99 Å². The minimum Gasteiger partial charge on any atom is -0.354 e. The van der Waals surface area contributed by atoms with Crippen LogP contribution in [0.15, 0.2) is 65.3 Å². The van der Waals surface area contributed by atoms with Crippen molar-refractivity contribution in [2.75, 3.05) is 5.32 Å². The molecule has 0 aliphatic heterocycles. The first kappa shape index (κ1) is 15.1. The minimum atomic E-state index is 0.725. The number of allylic oxidation sites excluding steroid dienone is 2. The lowest BCUT2D eigenvalue weighted by Crippen LogP contribution is -2.14. The minimum absolute atomic E-state index is 0.725. The van der Waals surface area contributed by atoms with E-state index in [1.54, 1.807) is 0 Å². The average Bonchev–Trinajstić information content (AvgIpc) is 2.54. The second-order valence-corrected chi connectivity index (χ2v) is 6.05. The smallest absolute Gasteiger partial charge is 0.0642 e. The summed E-state index contributed by atoms with van der Waals surface area (Å²) in [7, 11) is 0. The Labute approximate surface area is 140 Å². The molecular weight excluding hydrogens is 315 g/mol. The lowest BCUT2D eigenvalue weighted by molar-refractivity contribution is 0.867. The van der Waals surface area contributed by atoms with E-state index in [4.69, 9.17) is 28.2 Å². The van der Waals surface area contributed by atoms with Crippen LogP contribution in [-0.2, 0) is 0 Å². The number of halogens is 2. The molecule has 0 aromatic heterocycles. The average molecular weight is 331 g/mol. The van der Waals surface area contributed by atoms with Gasteiger partial charge in [-0.05, 0) is 67.8 Å². The van der Waals surface area contributed by atoms with Crippen molar-refractivity contribution < 1.29 is 0 Å². The van der Waals surface area contributed by atoms with E-state index in [0.29, 0.717) is 0 Å². The van der Waals surface area contributed by atoms with Gasteiger partial charge in [0, 0.05) is 15.7 Å². The highest BCUT2D eigenvalue weighted by Crippen LogP contribution is 2.24. The van der Waals surface area contributed by atoms with Crippen molar-refractivity contribution in [1.82, 2.24) is 0 Å². The lowest BCUT2D eigenvalue weighted by Gasteiger charge is -2.18. The summed E-state index contributed by atoms with van der Waals surface area (Å²) in [6, 6.07) is 15.3. The van der Waals surface area contributed by atoms with Crippen molar-refractivity contribution >= 4 is 40.3 Å².